The number of hydrogen-bond acceptors (Lipinski definition) is 8. The predicted molar refractivity (Wildman–Crippen MR) is 156 cm³/mol. The van der Waals surface area contributed by atoms with Gasteiger partial charge in [0.05, 0.1) is 17.5 Å². The van der Waals surface area contributed by atoms with Crippen molar-refractivity contribution in [2.24, 2.45) is 0 Å². The molecule has 0 unspecified atom stereocenters. The second-order valence-electron chi connectivity index (χ2n) is 11.9. The number of halogens is 3. The molecular weight excluding hydrogens is 559 g/mol. The third-order valence-corrected chi connectivity index (χ3v) is 9.19. The van der Waals surface area contributed by atoms with Crippen molar-refractivity contribution in [3.8, 4) is 23.0 Å². The zero-order chi connectivity index (χ0) is 29.9. The summed E-state index contributed by atoms with van der Waals surface area (Å²) in [5.74, 6) is -0.937. The number of aromatic hydroxyl groups is 1. The van der Waals surface area contributed by atoms with Gasteiger partial charge < -0.3 is 14.7 Å². The van der Waals surface area contributed by atoms with E-state index >= 15 is 4.39 Å². The topological polar surface area (TPSA) is 91.7 Å². The first-order chi connectivity index (χ1) is 20.8. The molecule has 5 heterocycles. The molecule has 3 aliphatic heterocycles. The van der Waals surface area contributed by atoms with E-state index in [0.29, 0.717) is 66.3 Å². The number of carbonyl (C=O) groups excluding carboxylic acids is 1. The van der Waals surface area contributed by atoms with Crippen LogP contribution in [0.2, 0.25) is 0 Å². The van der Waals surface area contributed by atoms with Crippen molar-refractivity contribution in [1.29, 1.82) is 0 Å². The maximum absolute atomic E-state index is 16.6. The van der Waals surface area contributed by atoms with Crippen LogP contribution in [0.4, 0.5) is 19.0 Å². The number of carbonyl (C=O) groups is 1. The number of rotatable bonds is 6. The van der Waals surface area contributed by atoms with Crippen molar-refractivity contribution in [3.05, 3.63) is 47.7 Å². The molecule has 1 N–H and O–H groups in total. The Bertz CT molecular complexity index is 1770. The van der Waals surface area contributed by atoms with E-state index in [0.717, 1.165) is 19.4 Å². The van der Waals surface area contributed by atoms with E-state index in [9.17, 15) is 18.7 Å². The number of alkyl halides is 1. The average molecular weight is 592 g/mol. The van der Waals surface area contributed by atoms with E-state index in [-0.39, 0.29) is 47.5 Å². The van der Waals surface area contributed by atoms with Crippen molar-refractivity contribution in [2.75, 3.05) is 37.7 Å². The third-order valence-electron chi connectivity index (χ3n) is 9.19. The molecule has 2 aromatic heterocycles. The molecule has 8 nitrogen and oxygen atoms in total. The normalized spacial score (nSPS) is 22.6. The number of Topliss-reactive ketones (excluding diaryl/α,β-unsaturated/α-hetero) is 1. The third kappa shape index (κ3) is 4.74. The Hall–Kier alpha value is -3.99. The Balaban J connectivity index is 1.38. The van der Waals surface area contributed by atoms with Gasteiger partial charge in [0.25, 0.3) is 0 Å². The number of hydrogen-bond donors (Lipinski definition) is 1. The van der Waals surface area contributed by atoms with Gasteiger partial charge in [-0.05, 0) is 66.8 Å². The number of ketones is 1. The molecule has 3 saturated heterocycles. The van der Waals surface area contributed by atoms with Gasteiger partial charge in [-0.15, -0.1) is 0 Å². The van der Waals surface area contributed by atoms with Crippen LogP contribution in [0.15, 0.2) is 30.5 Å². The summed E-state index contributed by atoms with van der Waals surface area (Å²) < 4.78 is 52.0. The van der Waals surface area contributed by atoms with Crippen LogP contribution in [-0.4, -0.2) is 75.2 Å². The second-order valence-corrected chi connectivity index (χ2v) is 11.9. The van der Waals surface area contributed by atoms with Gasteiger partial charge in [0.15, 0.2) is 11.6 Å². The molecule has 4 aromatic rings. The van der Waals surface area contributed by atoms with Crippen molar-refractivity contribution >= 4 is 33.3 Å². The maximum atomic E-state index is 16.6. The molecule has 0 bridgehead atoms. The lowest BCUT2D eigenvalue weighted by Crippen LogP contribution is -2.43. The van der Waals surface area contributed by atoms with Crippen molar-refractivity contribution in [3.63, 3.8) is 0 Å². The number of aryl methyl sites for hydroxylation is 1. The van der Waals surface area contributed by atoms with Crippen LogP contribution in [0.3, 0.4) is 0 Å². The number of aromatic nitrogens is 3. The first-order valence-corrected chi connectivity index (χ1v) is 14.9. The van der Waals surface area contributed by atoms with Gasteiger partial charge in [0.1, 0.15) is 41.4 Å². The molecule has 11 heteroatoms. The van der Waals surface area contributed by atoms with E-state index in [2.05, 4.69) is 19.9 Å². The monoisotopic (exact) mass is 591 g/mol. The van der Waals surface area contributed by atoms with Crippen LogP contribution in [0.5, 0.6) is 11.8 Å². The van der Waals surface area contributed by atoms with Gasteiger partial charge in [-0.25, -0.2) is 13.2 Å². The molecule has 0 aliphatic carbocycles. The zero-order valence-electron chi connectivity index (χ0n) is 23.9. The molecule has 224 valence electrons. The number of phenolic OH excluding ortho intramolecular Hbond substituents is 1. The van der Waals surface area contributed by atoms with E-state index in [1.54, 1.807) is 11.0 Å². The molecule has 0 radical (unpaired) electrons. The molecular formula is C32H32F3N5O3. The molecule has 3 fully saturated rings. The van der Waals surface area contributed by atoms with Gasteiger partial charge in [-0.1, -0.05) is 13.0 Å². The highest BCUT2D eigenvalue weighted by atomic mass is 19.1. The summed E-state index contributed by atoms with van der Waals surface area (Å²) in [5, 5.41) is 11.8. The SMILES string of the molecule is CCc1c(F)ccc2cc(O)cc(-c3ncc4c(N5CCCC(=O)C5)nc(OC[C@@]56CCCN5C[C@H](F)C6)nc4c3F)c12. The Morgan fingerprint density at radius 2 is 2.02 bits per heavy atom. The average Bonchev–Trinajstić information content (AvgIpc) is 3.51. The lowest BCUT2D eigenvalue weighted by Gasteiger charge is -2.31. The number of benzene rings is 2. The second kappa shape index (κ2) is 10.6. The Kier molecular flexibility index (Phi) is 6.87. The standard InChI is InChI=1S/C32H32F3N5O3/c1-2-22-25(34)7-6-18-11-21(42)12-23(26(18)22)28-27(35)29-24(14-36-28)30(39-9-3-5-20(41)16-39)38-31(37-29)43-17-32-8-4-10-40(32)15-19(33)13-32/h6-7,11-12,14,19,42H,2-5,8-10,13,15-17H2,1H3/t19-,32+/m1/s1. The summed E-state index contributed by atoms with van der Waals surface area (Å²) in [6.07, 6.45) is 4.05. The van der Waals surface area contributed by atoms with Gasteiger partial charge in [0.2, 0.25) is 0 Å². The Morgan fingerprint density at radius 1 is 1.16 bits per heavy atom. The highest BCUT2D eigenvalue weighted by Crippen LogP contribution is 2.42. The van der Waals surface area contributed by atoms with E-state index in [1.165, 1.54) is 24.4 Å². The number of fused-ring (bicyclic) bond motifs is 3. The summed E-state index contributed by atoms with van der Waals surface area (Å²) in [6, 6.07) is 5.69. The van der Waals surface area contributed by atoms with Gasteiger partial charge >= 0.3 is 6.01 Å². The summed E-state index contributed by atoms with van der Waals surface area (Å²) in [5.41, 5.74) is 0.000426. The number of ether oxygens (including phenoxy) is 1. The molecule has 0 amide bonds. The summed E-state index contributed by atoms with van der Waals surface area (Å²) in [7, 11) is 0. The van der Waals surface area contributed by atoms with Crippen molar-refractivity contribution in [1.82, 2.24) is 19.9 Å². The minimum Gasteiger partial charge on any atom is -0.508 e. The molecule has 2 atom stereocenters. The minimum atomic E-state index is -0.933. The highest BCUT2D eigenvalue weighted by molar-refractivity contribution is 6.02. The van der Waals surface area contributed by atoms with Crippen molar-refractivity contribution in [2.45, 2.75) is 57.2 Å². The lowest BCUT2D eigenvalue weighted by atomic mass is 9.94. The predicted octanol–water partition coefficient (Wildman–Crippen LogP) is 5.52. The van der Waals surface area contributed by atoms with E-state index in [4.69, 9.17) is 4.74 Å². The van der Waals surface area contributed by atoms with E-state index < -0.39 is 23.3 Å². The number of anilines is 1. The minimum absolute atomic E-state index is 0.0475. The fraction of sp³-hybridized carbons (Fsp3) is 0.438. The van der Waals surface area contributed by atoms with E-state index in [1.807, 2.05) is 6.92 Å². The van der Waals surface area contributed by atoms with Crippen LogP contribution in [0.1, 0.15) is 44.6 Å². The molecule has 0 spiro atoms. The Labute approximate surface area is 246 Å². The zero-order valence-corrected chi connectivity index (χ0v) is 23.9. The first kappa shape index (κ1) is 27.8. The Morgan fingerprint density at radius 3 is 2.84 bits per heavy atom. The van der Waals surface area contributed by atoms with Gasteiger partial charge in [-0.2, -0.15) is 9.97 Å². The number of piperidine rings is 1. The summed E-state index contributed by atoms with van der Waals surface area (Å²) >= 11 is 0. The largest absolute Gasteiger partial charge is 0.508 e. The summed E-state index contributed by atoms with van der Waals surface area (Å²) in [6.45, 7) is 3.79. The molecule has 0 saturated carbocycles. The first-order valence-electron chi connectivity index (χ1n) is 14.9. The van der Waals surface area contributed by atoms with Gasteiger partial charge in [-0.3, -0.25) is 14.7 Å². The van der Waals surface area contributed by atoms with Gasteiger partial charge in [0, 0.05) is 37.7 Å². The quantitative estimate of drug-likeness (QED) is 0.314. The lowest BCUT2D eigenvalue weighted by molar-refractivity contribution is -0.118. The molecule has 3 aliphatic rings. The number of phenols is 1. The number of pyridine rings is 1. The summed E-state index contributed by atoms with van der Waals surface area (Å²) in [4.78, 5) is 29.8. The van der Waals surface area contributed by atoms with Crippen LogP contribution in [-0.2, 0) is 11.2 Å². The fourth-order valence-corrected chi connectivity index (χ4v) is 7.21. The van der Waals surface area contributed by atoms with Crippen LogP contribution in [0, 0.1) is 11.6 Å². The highest BCUT2D eigenvalue weighted by Gasteiger charge is 2.49. The smallest absolute Gasteiger partial charge is 0.319 e. The fourth-order valence-electron chi connectivity index (χ4n) is 7.21. The molecule has 7 rings (SSSR count). The van der Waals surface area contributed by atoms with Crippen LogP contribution in [0.25, 0.3) is 32.9 Å². The van der Waals surface area contributed by atoms with Crippen LogP contribution >= 0.6 is 0 Å². The number of nitrogens with zero attached hydrogens (tertiary/aromatic N) is 5. The maximum Gasteiger partial charge on any atom is 0.319 e. The molecule has 2 aromatic carbocycles. The van der Waals surface area contributed by atoms with Crippen LogP contribution < -0.4 is 9.64 Å². The van der Waals surface area contributed by atoms with Crippen molar-refractivity contribution < 1.29 is 27.8 Å². The molecule has 43 heavy (non-hydrogen) atoms.